The maximum Gasteiger partial charge on any atom is 0.150 e. The number of halogens is 2. The summed E-state index contributed by atoms with van der Waals surface area (Å²) in [6.45, 7) is 0.667. The summed E-state index contributed by atoms with van der Waals surface area (Å²) in [6.07, 6.45) is 1.53. The molecule has 2 rings (SSSR count). The van der Waals surface area contributed by atoms with E-state index >= 15 is 0 Å². The first-order valence-corrected chi connectivity index (χ1v) is 4.80. The minimum absolute atomic E-state index is 0.240. The molecule has 0 spiro atoms. The molecule has 5 heteroatoms. The zero-order chi connectivity index (χ0) is 11.4. The smallest absolute Gasteiger partial charge is 0.150 e. The molecule has 0 atom stereocenters. The van der Waals surface area contributed by atoms with Crippen LogP contribution >= 0.6 is 0 Å². The van der Waals surface area contributed by atoms with Gasteiger partial charge in [0.25, 0.3) is 0 Å². The number of rotatable bonds is 4. The topological polar surface area (TPSA) is 38.1 Å². The van der Waals surface area contributed by atoms with E-state index in [0.29, 0.717) is 17.9 Å². The molecule has 1 aromatic heterocycles. The van der Waals surface area contributed by atoms with Gasteiger partial charge < -0.3 is 9.84 Å². The molecular weight excluding hydrogens is 214 g/mol. The molecule has 84 valence electrons. The quantitative estimate of drug-likeness (QED) is 0.865. The van der Waals surface area contributed by atoms with Crippen LogP contribution < -0.4 is 5.32 Å². The third-order valence-corrected chi connectivity index (χ3v) is 2.11. The van der Waals surface area contributed by atoms with Gasteiger partial charge in [0.05, 0.1) is 12.7 Å². The highest BCUT2D eigenvalue weighted by atomic mass is 19.1. The van der Waals surface area contributed by atoms with Crippen molar-refractivity contribution < 1.29 is 13.3 Å². The van der Waals surface area contributed by atoms with E-state index in [0.717, 1.165) is 12.1 Å². The molecule has 0 fully saturated rings. The Morgan fingerprint density at radius 1 is 1.19 bits per heavy atom. The van der Waals surface area contributed by atoms with Crippen molar-refractivity contribution in [1.29, 1.82) is 0 Å². The van der Waals surface area contributed by atoms with Gasteiger partial charge in [-0.2, -0.15) is 0 Å². The Kier molecular flexibility index (Phi) is 3.26. The predicted molar refractivity (Wildman–Crippen MR) is 53.4 cm³/mol. The van der Waals surface area contributed by atoms with Gasteiger partial charge in [0.1, 0.15) is 17.4 Å². The normalized spacial score (nSPS) is 10.6. The van der Waals surface area contributed by atoms with Crippen molar-refractivity contribution in [2.45, 2.75) is 13.1 Å². The van der Waals surface area contributed by atoms with Crippen LogP contribution in [0.15, 0.2) is 35.0 Å². The average molecular weight is 224 g/mol. The van der Waals surface area contributed by atoms with E-state index in [-0.39, 0.29) is 6.54 Å². The average Bonchev–Trinajstić information content (AvgIpc) is 2.76. The van der Waals surface area contributed by atoms with E-state index < -0.39 is 11.6 Å². The third-order valence-electron chi connectivity index (χ3n) is 2.11. The van der Waals surface area contributed by atoms with Crippen LogP contribution in [0.3, 0.4) is 0 Å². The second kappa shape index (κ2) is 4.85. The highest BCUT2D eigenvalue weighted by Gasteiger charge is 2.04. The van der Waals surface area contributed by atoms with Gasteiger partial charge in [-0.1, -0.05) is 5.16 Å². The number of benzene rings is 1. The van der Waals surface area contributed by atoms with E-state index in [2.05, 4.69) is 10.5 Å². The molecular formula is C11H10F2N2O. The third kappa shape index (κ3) is 2.64. The summed E-state index contributed by atoms with van der Waals surface area (Å²) in [5, 5.41) is 6.46. The van der Waals surface area contributed by atoms with Crippen LogP contribution in [-0.2, 0) is 13.1 Å². The molecule has 16 heavy (non-hydrogen) atoms. The first-order valence-electron chi connectivity index (χ1n) is 4.80. The number of nitrogens with zero attached hydrogens (tertiary/aromatic N) is 1. The Morgan fingerprint density at radius 2 is 2.06 bits per heavy atom. The maximum atomic E-state index is 13.2. The lowest BCUT2D eigenvalue weighted by Gasteiger charge is -2.04. The van der Waals surface area contributed by atoms with Crippen molar-refractivity contribution in [2.24, 2.45) is 0 Å². The molecule has 0 bridgehead atoms. The zero-order valence-corrected chi connectivity index (χ0v) is 8.41. The standard InChI is InChI=1S/C11H10F2N2O/c12-9-1-2-11(13)8(5-9)6-14-7-10-3-4-15-16-10/h1-5,14H,6-7H2. The van der Waals surface area contributed by atoms with E-state index in [1.54, 1.807) is 6.07 Å². The van der Waals surface area contributed by atoms with Crippen LogP contribution in [0.2, 0.25) is 0 Å². The van der Waals surface area contributed by atoms with Crippen molar-refractivity contribution in [1.82, 2.24) is 10.5 Å². The van der Waals surface area contributed by atoms with Crippen molar-refractivity contribution >= 4 is 0 Å². The molecule has 0 aliphatic carbocycles. The van der Waals surface area contributed by atoms with Crippen molar-refractivity contribution in [3.05, 3.63) is 53.4 Å². The van der Waals surface area contributed by atoms with Crippen LogP contribution in [-0.4, -0.2) is 5.16 Å². The van der Waals surface area contributed by atoms with E-state index in [1.807, 2.05) is 0 Å². The van der Waals surface area contributed by atoms with Crippen LogP contribution in [0.25, 0.3) is 0 Å². The summed E-state index contributed by atoms with van der Waals surface area (Å²) in [7, 11) is 0. The van der Waals surface area contributed by atoms with Gasteiger partial charge in [-0.25, -0.2) is 8.78 Å². The Balaban J connectivity index is 1.92. The van der Waals surface area contributed by atoms with Gasteiger partial charge in [-0.3, -0.25) is 0 Å². The number of hydrogen-bond donors (Lipinski definition) is 1. The summed E-state index contributed by atoms with van der Waals surface area (Å²) >= 11 is 0. The van der Waals surface area contributed by atoms with Gasteiger partial charge in [0.15, 0.2) is 0 Å². The highest BCUT2D eigenvalue weighted by molar-refractivity contribution is 5.18. The van der Waals surface area contributed by atoms with Crippen LogP contribution in [0, 0.1) is 11.6 Å². The van der Waals surface area contributed by atoms with E-state index in [4.69, 9.17) is 4.52 Å². The lowest BCUT2D eigenvalue weighted by Crippen LogP contribution is -2.13. The molecule has 0 aliphatic heterocycles. The Bertz CT molecular complexity index is 457. The molecule has 0 amide bonds. The Hall–Kier alpha value is -1.75. The minimum Gasteiger partial charge on any atom is -0.360 e. The molecule has 3 nitrogen and oxygen atoms in total. The first kappa shape index (κ1) is 10.8. The van der Waals surface area contributed by atoms with Gasteiger partial charge >= 0.3 is 0 Å². The number of aromatic nitrogens is 1. The first-order chi connectivity index (χ1) is 7.75. The number of nitrogens with one attached hydrogen (secondary N) is 1. The molecule has 0 unspecified atom stereocenters. The number of hydrogen-bond acceptors (Lipinski definition) is 3. The largest absolute Gasteiger partial charge is 0.360 e. The van der Waals surface area contributed by atoms with Crippen molar-refractivity contribution in [3.63, 3.8) is 0 Å². The highest BCUT2D eigenvalue weighted by Crippen LogP contribution is 2.09. The summed E-state index contributed by atoms with van der Waals surface area (Å²) in [5.74, 6) is -0.221. The monoisotopic (exact) mass is 224 g/mol. The van der Waals surface area contributed by atoms with Crippen LogP contribution in [0.4, 0.5) is 8.78 Å². The molecule has 1 aromatic carbocycles. The van der Waals surface area contributed by atoms with E-state index in [9.17, 15) is 8.78 Å². The van der Waals surface area contributed by atoms with Gasteiger partial charge in [0, 0.05) is 18.2 Å². The predicted octanol–water partition coefficient (Wildman–Crippen LogP) is 2.24. The van der Waals surface area contributed by atoms with E-state index in [1.165, 1.54) is 12.3 Å². The summed E-state index contributed by atoms with van der Waals surface area (Å²) in [6, 6.07) is 5.08. The Labute approximate surface area is 91.1 Å². The zero-order valence-electron chi connectivity index (χ0n) is 8.41. The van der Waals surface area contributed by atoms with Gasteiger partial charge in [0.2, 0.25) is 0 Å². The molecule has 2 aromatic rings. The molecule has 0 saturated heterocycles. The lowest BCUT2D eigenvalue weighted by molar-refractivity contribution is 0.372. The molecule has 0 saturated carbocycles. The summed E-state index contributed by atoms with van der Waals surface area (Å²) in [4.78, 5) is 0. The van der Waals surface area contributed by atoms with Crippen molar-refractivity contribution in [3.8, 4) is 0 Å². The lowest BCUT2D eigenvalue weighted by atomic mass is 10.2. The Morgan fingerprint density at radius 3 is 2.81 bits per heavy atom. The van der Waals surface area contributed by atoms with Crippen LogP contribution in [0.5, 0.6) is 0 Å². The molecule has 1 heterocycles. The van der Waals surface area contributed by atoms with Gasteiger partial charge in [-0.05, 0) is 18.2 Å². The van der Waals surface area contributed by atoms with Gasteiger partial charge in [-0.15, -0.1) is 0 Å². The summed E-state index contributed by atoms with van der Waals surface area (Å²) in [5.41, 5.74) is 0.291. The van der Waals surface area contributed by atoms with Crippen LogP contribution in [0.1, 0.15) is 11.3 Å². The SMILES string of the molecule is Fc1ccc(F)c(CNCc2ccno2)c1. The maximum absolute atomic E-state index is 13.2. The van der Waals surface area contributed by atoms with Crippen molar-refractivity contribution in [2.75, 3.05) is 0 Å². The summed E-state index contributed by atoms with van der Waals surface area (Å²) < 4.78 is 30.9. The molecule has 1 N–H and O–H groups in total. The second-order valence-corrected chi connectivity index (χ2v) is 3.32. The fourth-order valence-electron chi connectivity index (χ4n) is 1.33. The molecule has 0 aliphatic rings. The minimum atomic E-state index is -0.446. The second-order valence-electron chi connectivity index (χ2n) is 3.32. The fourth-order valence-corrected chi connectivity index (χ4v) is 1.33. The fraction of sp³-hybridized carbons (Fsp3) is 0.182. The molecule has 0 radical (unpaired) electrons.